The van der Waals surface area contributed by atoms with Crippen LogP contribution in [0.2, 0.25) is 0 Å². The molecular weight excluding hydrogens is 242 g/mol. The summed E-state index contributed by atoms with van der Waals surface area (Å²) in [6, 6.07) is 13.7. The minimum Gasteiger partial charge on any atom is -0.494 e. The summed E-state index contributed by atoms with van der Waals surface area (Å²) in [7, 11) is 1.64. The summed E-state index contributed by atoms with van der Waals surface area (Å²) in [6.45, 7) is 1.14. The fraction of sp³-hybridized carbons (Fsp3) is 0.200. The number of ether oxygens (including phenoxy) is 3. The van der Waals surface area contributed by atoms with E-state index in [0.29, 0.717) is 13.2 Å². The van der Waals surface area contributed by atoms with Crippen LogP contribution < -0.4 is 19.5 Å². The Labute approximate surface area is 111 Å². The molecule has 0 saturated heterocycles. The van der Waals surface area contributed by atoms with Gasteiger partial charge in [-0.3, -0.25) is 0 Å². The number of benzene rings is 2. The van der Waals surface area contributed by atoms with Gasteiger partial charge < -0.3 is 19.5 Å². The molecule has 0 radical (unpaired) electrons. The SMILES string of the molecule is COc1cc2c(cc1Nc1ccccc1)OCCO2. The Balaban J connectivity index is 1.95. The number of hydrogen-bond acceptors (Lipinski definition) is 4. The van der Waals surface area contributed by atoms with Gasteiger partial charge in [-0.05, 0) is 12.1 Å². The van der Waals surface area contributed by atoms with E-state index in [2.05, 4.69) is 5.32 Å². The van der Waals surface area contributed by atoms with Crippen molar-refractivity contribution in [3.8, 4) is 17.2 Å². The molecule has 0 aliphatic carbocycles. The molecule has 0 aromatic heterocycles. The van der Waals surface area contributed by atoms with Gasteiger partial charge in [-0.15, -0.1) is 0 Å². The number of rotatable bonds is 3. The zero-order valence-electron chi connectivity index (χ0n) is 10.7. The normalized spacial score (nSPS) is 12.9. The third kappa shape index (κ3) is 2.42. The minimum absolute atomic E-state index is 0.571. The predicted octanol–water partition coefficient (Wildman–Crippen LogP) is 3.21. The van der Waals surface area contributed by atoms with E-state index in [1.165, 1.54) is 0 Å². The smallest absolute Gasteiger partial charge is 0.165 e. The number of methoxy groups -OCH3 is 1. The Bertz CT molecular complexity index is 569. The number of fused-ring (bicyclic) bond motifs is 1. The topological polar surface area (TPSA) is 39.7 Å². The molecule has 2 aromatic carbocycles. The molecule has 3 rings (SSSR count). The standard InChI is InChI=1S/C15H15NO3/c1-17-13-10-15-14(18-7-8-19-15)9-12(13)16-11-5-3-2-4-6-11/h2-6,9-10,16H,7-8H2,1H3. The number of hydrogen-bond donors (Lipinski definition) is 1. The van der Waals surface area contributed by atoms with Crippen molar-refractivity contribution < 1.29 is 14.2 Å². The minimum atomic E-state index is 0.571. The van der Waals surface area contributed by atoms with Crippen LogP contribution in [0, 0.1) is 0 Å². The van der Waals surface area contributed by atoms with Crippen LogP contribution in [0.4, 0.5) is 11.4 Å². The van der Waals surface area contributed by atoms with E-state index >= 15 is 0 Å². The lowest BCUT2D eigenvalue weighted by Gasteiger charge is -2.21. The monoisotopic (exact) mass is 257 g/mol. The van der Waals surface area contributed by atoms with E-state index in [-0.39, 0.29) is 0 Å². The largest absolute Gasteiger partial charge is 0.494 e. The van der Waals surface area contributed by atoms with Crippen LogP contribution in [0.3, 0.4) is 0 Å². The van der Waals surface area contributed by atoms with E-state index in [0.717, 1.165) is 28.6 Å². The molecule has 0 unspecified atom stereocenters. The highest BCUT2D eigenvalue weighted by atomic mass is 16.6. The van der Waals surface area contributed by atoms with E-state index in [9.17, 15) is 0 Å². The van der Waals surface area contributed by atoms with Gasteiger partial charge >= 0.3 is 0 Å². The van der Waals surface area contributed by atoms with E-state index in [4.69, 9.17) is 14.2 Å². The van der Waals surface area contributed by atoms with Crippen molar-refractivity contribution in [1.82, 2.24) is 0 Å². The highest BCUT2D eigenvalue weighted by Gasteiger charge is 2.16. The first-order valence-corrected chi connectivity index (χ1v) is 6.16. The molecule has 19 heavy (non-hydrogen) atoms. The molecule has 0 spiro atoms. The second-order valence-corrected chi connectivity index (χ2v) is 4.19. The third-order valence-electron chi connectivity index (χ3n) is 2.92. The van der Waals surface area contributed by atoms with Crippen molar-refractivity contribution in [2.24, 2.45) is 0 Å². The average Bonchev–Trinajstić information content (AvgIpc) is 2.47. The van der Waals surface area contributed by atoms with E-state index in [1.807, 2.05) is 42.5 Å². The van der Waals surface area contributed by atoms with Crippen LogP contribution in [-0.2, 0) is 0 Å². The molecule has 0 bridgehead atoms. The first-order chi connectivity index (χ1) is 9.36. The Morgan fingerprint density at radius 2 is 1.68 bits per heavy atom. The van der Waals surface area contributed by atoms with Crippen molar-refractivity contribution in [2.75, 3.05) is 25.6 Å². The van der Waals surface area contributed by atoms with Gasteiger partial charge in [0.05, 0.1) is 12.8 Å². The van der Waals surface area contributed by atoms with Crippen molar-refractivity contribution in [3.05, 3.63) is 42.5 Å². The molecule has 1 aliphatic heterocycles. The molecule has 0 amide bonds. The molecule has 4 heteroatoms. The maximum absolute atomic E-state index is 5.58. The summed E-state index contributed by atoms with van der Waals surface area (Å²) in [6.07, 6.45) is 0. The van der Waals surface area contributed by atoms with Crippen LogP contribution in [0.25, 0.3) is 0 Å². The molecule has 1 N–H and O–H groups in total. The number of para-hydroxylation sites is 1. The first kappa shape index (κ1) is 11.7. The van der Waals surface area contributed by atoms with Crippen LogP contribution >= 0.6 is 0 Å². The van der Waals surface area contributed by atoms with Crippen LogP contribution in [-0.4, -0.2) is 20.3 Å². The maximum atomic E-state index is 5.58. The summed E-state index contributed by atoms with van der Waals surface area (Å²) in [5.74, 6) is 2.19. The lowest BCUT2D eigenvalue weighted by Crippen LogP contribution is -2.15. The lowest BCUT2D eigenvalue weighted by molar-refractivity contribution is 0.171. The molecule has 0 atom stereocenters. The van der Waals surface area contributed by atoms with Gasteiger partial charge in [-0.25, -0.2) is 0 Å². The molecule has 1 heterocycles. The molecular formula is C15H15NO3. The molecule has 2 aromatic rings. The predicted molar refractivity (Wildman–Crippen MR) is 73.7 cm³/mol. The first-order valence-electron chi connectivity index (χ1n) is 6.16. The second kappa shape index (κ2) is 5.10. The zero-order valence-corrected chi connectivity index (χ0v) is 10.7. The highest BCUT2D eigenvalue weighted by Crippen LogP contribution is 2.40. The Kier molecular flexibility index (Phi) is 3.14. The summed E-state index contributed by atoms with van der Waals surface area (Å²) in [4.78, 5) is 0. The van der Waals surface area contributed by atoms with Gasteiger partial charge in [-0.2, -0.15) is 0 Å². The van der Waals surface area contributed by atoms with E-state index in [1.54, 1.807) is 7.11 Å². The Morgan fingerprint density at radius 3 is 2.37 bits per heavy atom. The Morgan fingerprint density at radius 1 is 1.00 bits per heavy atom. The van der Waals surface area contributed by atoms with Crippen molar-refractivity contribution >= 4 is 11.4 Å². The van der Waals surface area contributed by atoms with Crippen molar-refractivity contribution in [1.29, 1.82) is 0 Å². The zero-order chi connectivity index (χ0) is 13.1. The van der Waals surface area contributed by atoms with Crippen molar-refractivity contribution in [3.63, 3.8) is 0 Å². The molecule has 1 aliphatic rings. The fourth-order valence-corrected chi connectivity index (χ4v) is 2.01. The molecule has 0 saturated carbocycles. The lowest BCUT2D eigenvalue weighted by atomic mass is 10.2. The van der Waals surface area contributed by atoms with Crippen LogP contribution in [0.5, 0.6) is 17.2 Å². The average molecular weight is 257 g/mol. The second-order valence-electron chi connectivity index (χ2n) is 4.19. The number of anilines is 2. The van der Waals surface area contributed by atoms with Gasteiger partial charge in [0.25, 0.3) is 0 Å². The van der Waals surface area contributed by atoms with Crippen molar-refractivity contribution in [2.45, 2.75) is 0 Å². The molecule has 98 valence electrons. The summed E-state index contributed by atoms with van der Waals surface area (Å²) >= 11 is 0. The summed E-state index contributed by atoms with van der Waals surface area (Å²) in [5.41, 5.74) is 1.86. The summed E-state index contributed by atoms with van der Waals surface area (Å²) in [5, 5.41) is 3.31. The van der Waals surface area contributed by atoms with Crippen LogP contribution in [0.15, 0.2) is 42.5 Å². The highest BCUT2D eigenvalue weighted by molar-refractivity contribution is 5.70. The van der Waals surface area contributed by atoms with Gasteiger partial charge in [0.1, 0.15) is 19.0 Å². The van der Waals surface area contributed by atoms with Gasteiger partial charge in [0.15, 0.2) is 11.5 Å². The third-order valence-corrected chi connectivity index (χ3v) is 2.92. The molecule has 4 nitrogen and oxygen atoms in total. The van der Waals surface area contributed by atoms with Gasteiger partial charge in [0.2, 0.25) is 0 Å². The fourth-order valence-electron chi connectivity index (χ4n) is 2.01. The quantitative estimate of drug-likeness (QED) is 0.916. The van der Waals surface area contributed by atoms with Crippen LogP contribution in [0.1, 0.15) is 0 Å². The Hall–Kier alpha value is -2.36. The maximum Gasteiger partial charge on any atom is 0.165 e. The number of nitrogens with one attached hydrogen (secondary N) is 1. The van der Waals surface area contributed by atoms with Gasteiger partial charge in [-0.1, -0.05) is 18.2 Å². The van der Waals surface area contributed by atoms with Gasteiger partial charge in [0, 0.05) is 17.8 Å². The van der Waals surface area contributed by atoms with E-state index < -0.39 is 0 Å². The molecule has 0 fully saturated rings. The summed E-state index contributed by atoms with van der Waals surface area (Å²) < 4.78 is 16.5.